The smallest absolute Gasteiger partial charge is 0.247 e. The van der Waals surface area contributed by atoms with Crippen molar-refractivity contribution in [3.05, 3.63) is 106 Å². The number of amides is 1. The number of carbonyl (C=O) groups is 1. The minimum Gasteiger partial charge on any atom is -0.494 e. The van der Waals surface area contributed by atoms with Gasteiger partial charge in [0.1, 0.15) is 5.75 Å². The number of nitrogens with one attached hydrogen (secondary N) is 1. The topological polar surface area (TPSA) is 57.8 Å². The Morgan fingerprint density at radius 2 is 1.82 bits per heavy atom. The predicted molar refractivity (Wildman–Crippen MR) is 160 cm³/mol. The number of benzene rings is 3. The average molecular weight is 556 g/mol. The van der Waals surface area contributed by atoms with Crippen LogP contribution in [-0.2, 0) is 16.0 Å². The van der Waals surface area contributed by atoms with E-state index in [1.54, 1.807) is 6.08 Å². The van der Waals surface area contributed by atoms with Crippen LogP contribution in [0.2, 0.25) is 5.02 Å². The second-order valence-electron chi connectivity index (χ2n) is 10.4. The number of ether oxygens (including phenoxy) is 2. The molecule has 0 saturated carbocycles. The van der Waals surface area contributed by atoms with Crippen LogP contribution in [0, 0.1) is 0 Å². The van der Waals surface area contributed by atoms with Crippen molar-refractivity contribution in [1.82, 2.24) is 14.8 Å². The van der Waals surface area contributed by atoms with Gasteiger partial charge in [-0.25, -0.2) is 0 Å². The van der Waals surface area contributed by atoms with Crippen LogP contribution in [0.15, 0.2) is 78.9 Å². The number of halogens is 1. The highest BCUT2D eigenvalue weighted by Gasteiger charge is 2.33. The molecule has 1 fully saturated rings. The van der Waals surface area contributed by atoms with Crippen molar-refractivity contribution in [3.63, 3.8) is 0 Å². The van der Waals surface area contributed by atoms with Crippen LogP contribution >= 0.6 is 11.6 Å². The molecule has 0 spiro atoms. The fourth-order valence-electron chi connectivity index (χ4n) is 5.72. The van der Waals surface area contributed by atoms with Crippen molar-refractivity contribution in [2.45, 2.75) is 18.9 Å². The molecule has 6 nitrogen and oxygen atoms in total. The molecule has 3 aromatic carbocycles. The third kappa shape index (κ3) is 5.94. The number of hydrogen-bond acceptors (Lipinski definition) is 4. The van der Waals surface area contributed by atoms with E-state index in [4.69, 9.17) is 21.1 Å². The highest BCUT2D eigenvalue weighted by Crippen LogP contribution is 2.39. The third-order valence-corrected chi connectivity index (χ3v) is 8.01. The molecule has 2 aliphatic heterocycles. The van der Waals surface area contributed by atoms with Gasteiger partial charge in [0.25, 0.3) is 0 Å². The van der Waals surface area contributed by atoms with Crippen LogP contribution in [0.3, 0.4) is 0 Å². The van der Waals surface area contributed by atoms with Gasteiger partial charge in [0.05, 0.1) is 25.9 Å². The number of morpholine rings is 1. The first kappa shape index (κ1) is 26.6. The van der Waals surface area contributed by atoms with Crippen LogP contribution in [0.25, 0.3) is 17.0 Å². The molecule has 1 atom stereocenters. The summed E-state index contributed by atoms with van der Waals surface area (Å²) in [5.74, 6) is 0.826. The number of carbonyl (C=O) groups excluding carboxylic acids is 1. The number of aromatic amines is 1. The van der Waals surface area contributed by atoms with Crippen LogP contribution < -0.4 is 4.74 Å². The molecule has 2 aliphatic rings. The van der Waals surface area contributed by atoms with E-state index < -0.39 is 0 Å². The van der Waals surface area contributed by atoms with Crippen molar-refractivity contribution < 1.29 is 14.3 Å². The van der Waals surface area contributed by atoms with Crippen LogP contribution in [0.5, 0.6) is 5.75 Å². The van der Waals surface area contributed by atoms with Gasteiger partial charge >= 0.3 is 0 Å². The van der Waals surface area contributed by atoms with E-state index in [0.717, 1.165) is 79.2 Å². The number of rotatable bonds is 8. The normalized spacial score (nSPS) is 17.8. The Morgan fingerprint density at radius 3 is 2.62 bits per heavy atom. The SMILES string of the molecule is O=C(C=Cc1ccccc1)N1CCc2c([nH]c3ccc(Cl)cc23)C1c1ccc(OCCCN2CCOCC2)cc1. The summed E-state index contributed by atoms with van der Waals surface area (Å²) in [7, 11) is 0. The molecule has 4 aromatic rings. The molecule has 3 heterocycles. The van der Waals surface area contributed by atoms with Crippen LogP contribution in [0.4, 0.5) is 0 Å². The number of fused-ring (bicyclic) bond motifs is 3. The zero-order valence-electron chi connectivity index (χ0n) is 22.5. The molecule has 1 saturated heterocycles. The first-order valence-corrected chi connectivity index (χ1v) is 14.4. The molecule has 1 aromatic heterocycles. The van der Waals surface area contributed by atoms with E-state index in [0.29, 0.717) is 18.2 Å². The van der Waals surface area contributed by atoms with E-state index in [1.165, 1.54) is 5.56 Å². The molecular weight excluding hydrogens is 522 g/mol. The maximum Gasteiger partial charge on any atom is 0.247 e. The molecule has 206 valence electrons. The monoisotopic (exact) mass is 555 g/mol. The number of nitrogens with zero attached hydrogens (tertiary/aromatic N) is 2. The number of aromatic nitrogens is 1. The fourth-order valence-corrected chi connectivity index (χ4v) is 5.89. The standard InChI is InChI=1S/C33H34ClN3O3/c34-26-10-13-30-29(23-26)28-15-17-37(31(38)14-7-24-5-2-1-3-6-24)33(32(28)35-30)25-8-11-27(12-9-25)40-20-4-16-36-18-21-39-22-19-36/h1-3,5-14,23,33,35H,4,15-22H2. The lowest BCUT2D eigenvalue weighted by Crippen LogP contribution is -2.39. The molecule has 7 heteroatoms. The Morgan fingerprint density at radius 1 is 1.02 bits per heavy atom. The van der Waals surface area contributed by atoms with Gasteiger partial charge in [-0.3, -0.25) is 9.69 Å². The van der Waals surface area contributed by atoms with Gasteiger partial charge in [-0.15, -0.1) is 0 Å². The summed E-state index contributed by atoms with van der Waals surface area (Å²) >= 11 is 6.35. The minimum absolute atomic E-state index is 0.0142. The Balaban J connectivity index is 1.23. The van der Waals surface area contributed by atoms with Gasteiger partial charge in [-0.05, 0) is 65.9 Å². The van der Waals surface area contributed by atoms with E-state index in [9.17, 15) is 4.79 Å². The number of hydrogen-bond donors (Lipinski definition) is 1. The van der Waals surface area contributed by atoms with Crippen molar-refractivity contribution in [3.8, 4) is 5.75 Å². The Kier molecular flexibility index (Phi) is 8.19. The van der Waals surface area contributed by atoms with Gasteiger partial charge in [0, 0.05) is 53.9 Å². The second-order valence-corrected chi connectivity index (χ2v) is 10.8. The summed E-state index contributed by atoms with van der Waals surface area (Å²) in [5.41, 5.74) is 5.35. The zero-order valence-corrected chi connectivity index (χ0v) is 23.3. The van der Waals surface area contributed by atoms with Crippen LogP contribution in [0.1, 0.15) is 34.8 Å². The molecule has 0 radical (unpaired) electrons. The lowest BCUT2D eigenvalue weighted by atomic mass is 9.92. The molecule has 1 amide bonds. The van der Waals surface area contributed by atoms with E-state index in [-0.39, 0.29) is 11.9 Å². The van der Waals surface area contributed by atoms with Gasteiger partial charge in [-0.1, -0.05) is 54.1 Å². The molecule has 1 unspecified atom stereocenters. The Labute approximate surface area is 240 Å². The van der Waals surface area contributed by atoms with Crippen molar-refractivity contribution >= 4 is 34.5 Å². The summed E-state index contributed by atoms with van der Waals surface area (Å²) in [6.45, 7) is 5.93. The van der Waals surface area contributed by atoms with Gasteiger partial charge < -0.3 is 19.4 Å². The predicted octanol–water partition coefficient (Wildman–Crippen LogP) is 6.11. The molecule has 0 aliphatic carbocycles. The highest BCUT2D eigenvalue weighted by molar-refractivity contribution is 6.31. The molecular formula is C33H34ClN3O3. The van der Waals surface area contributed by atoms with E-state index in [1.807, 2.05) is 71.6 Å². The highest BCUT2D eigenvalue weighted by atomic mass is 35.5. The summed E-state index contributed by atoms with van der Waals surface area (Å²) < 4.78 is 11.5. The van der Waals surface area contributed by atoms with Crippen molar-refractivity contribution in [2.75, 3.05) is 46.0 Å². The summed E-state index contributed by atoms with van der Waals surface area (Å²) in [4.78, 5) is 21.6. The maximum atomic E-state index is 13.6. The molecule has 6 rings (SSSR count). The average Bonchev–Trinajstić information content (AvgIpc) is 3.37. The quantitative estimate of drug-likeness (QED) is 0.210. The summed E-state index contributed by atoms with van der Waals surface area (Å²) in [6, 6.07) is 23.8. The second kappa shape index (κ2) is 12.3. The fraction of sp³-hybridized carbons (Fsp3) is 0.303. The van der Waals surface area contributed by atoms with Gasteiger partial charge in [0.2, 0.25) is 5.91 Å². The summed E-state index contributed by atoms with van der Waals surface area (Å²) in [5, 5.41) is 1.84. The van der Waals surface area contributed by atoms with Crippen molar-refractivity contribution in [2.24, 2.45) is 0 Å². The Hall–Kier alpha value is -3.58. The van der Waals surface area contributed by atoms with Gasteiger partial charge in [0.15, 0.2) is 0 Å². The lowest BCUT2D eigenvalue weighted by molar-refractivity contribution is -0.128. The Bertz CT molecular complexity index is 1480. The molecule has 1 N–H and O–H groups in total. The number of H-pyrrole nitrogens is 1. The largest absolute Gasteiger partial charge is 0.494 e. The first-order valence-electron chi connectivity index (χ1n) is 14.0. The molecule has 40 heavy (non-hydrogen) atoms. The lowest BCUT2D eigenvalue weighted by Gasteiger charge is -2.35. The van der Waals surface area contributed by atoms with Gasteiger partial charge in [-0.2, -0.15) is 0 Å². The molecule has 0 bridgehead atoms. The van der Waals surface area contributed by atoms with E-state index >= 15 is 0 Å². The first-order chi connectivity index (χ1) is 19.7. The minimum atomic E-state index is -0.238. The summed E-state index contributed by atoms with van der Waals surface area (Å²) in [6.07, 6.45) is 5.30. The van der Waals surface area contributed by atoms with E-state index in [2.05, 4.69) is 22.0 Å². The zero-order chi connectivity index (χ0) is 27.3. The van der Waals surface area contributed by atoms with Crippen LogP contribution in [-0.4, -0.2) is 66.7 Å². The van der Waals surface area contributed by atoms with Crippen molar-refractivity contribution in [1.29, 1.82) is 0 Å². The maximum absolute atomic E-state index is 13.6. The third-order valence-electron chi connectivity index (χ3n) is 7.78.